The van der Waals surface area contributed by atoms with E-state index in [1.54, 1.807) is 30.5 Å². The van der Waals surface area contributed by atoms with Gasteiger partial charge in [-0.3, -0.25) is 9.59 Å². The maximum atomic E-state index is 12.3. The molecule has 0 radical (unpaired) electrons. The van der Waals surface area contributed by atoms with Gasteiger partial charge in [0.15, 0.2) is 0 Å². The number of nitrogens with one attached hydrogen (secondary N) is 2. The van der Waals surface area contributed by atoms with Gasteiger partial charge in [-0.25, -0.2) is 5.43 Å². The lowest BCUT2D eigenvalue weighted by atomic mass is 9.88. The van der Waals surface area contributed by atoms with Crippen LogP contribution in [0.15, 0.2) is 47.6 Å². The molecule has 1 aliphatic rings. The van der Waals surface area contributed by atoms with E-state index in [-0.39, 0.29) is 17.7 Å². The van der Waals surface area contributed by atoms with Crippen LogP contribution in [0.1, 0.15) is 59.2 Å². The highest BCUT2D eigenvalue weighted by Crippen LogP contribution is 2.25. The van der Waals surface area contributed by atoms with Gasteiger partial charge in [0.25, 0.3) is 5.91 Å². The third-order valence-electron chi connectivity index (χ3n) is 5.19. The molecule has 0 bridgehead atoms. The number of benzene rings is 2. The molecule has 3 rings (SSSR count). The lowest BCUT2D eigenvalue weighted by Gasteiger charge is -2.20. The van der Waals surface area contributed by atoms with Crippen molar-refractivity contribution in [1.29, 1.82) is 0 Å². The van der Waals surface area contributed by atoms with Crippen molar-refractivity contribution in [2.24, 2.45) is 11.0 Å². The molecule has 1 saturated carbocycles. The van der Waals surface area contributed by atoms with Crippen LogP contribution in [0.3, 0.4) is 0 Å². The Hall–Kier alpha value is -2.95. The van der Waals surface area contributed by atoms with Gasteiger partial charge >= 0.3 is 0 Å². The molecule has 0 unspecified atom stereocenters. The number of hydrogen-bond donors (Lipinski definition) is 2. The highest BCUT2D eigenvalue weighted by atomic mass is 16.2. The first kappa shape index (κ1) is 19.8. The Morgan fingerprint density at radius 2 is 1.71 bits per heavy atom. The average Bonchev–Trinajstić information content (AvgIpc) is 2.70. The second-order valence-electron chi connectivity index (χ2n) is 7.46. The van der Waals surface area contributed by atoms with E-state index >= 15 is 0 Å². The largest absolute Gasteiger partial charge is 0.326 e. The molecule has 2 aromatic rings. The first-order valence-electron chi connectivity index (χ1n) is 9.84. The lowest BCUT2D eigenvalue weighted by Crippen LogP contribution is -2.24. The molecule has 0 aromatic heterocycles. The first-order chi connectivity index (χ1) is 13.5. The van der Waals surface area contributed by atoms with E-state index in [1.807, 2.05) is 26.0 Å². The van der Waals surface area contributed by atoms with E-state index in [9.17, 15) is 9.59 Å². The topological polar surface area (TPSA) is 70.6 Å². The molecule has 0 heterocycles. The number of aryl methyl sites for hydroxylation is 2. The van der Waals surface area contributed by atoms with Crippen LogP contribution in [0.25, 0.3) is 0 Å². The zero-order valence-electron chi connectivity index (χ0n) is 16.5. The summed E-state index contributed by atoms with van der Waals surface area (Å²) in [6.45, 7) is 4.05. The normalized spacial score (nSPS) is 14.8. The summed E-state index contributed by atoms with van der Waals surface area (Å²) in [7, 11) is 0. The predicted octanol–water partition coefficient (Wildman–Crippen LogP) is 4.59. The zero-order valence-corrected chi connectivity index (χ0v) is 16.5. The van der Waals surface area contributed by atoms with E-state index < -0.39 is 0 Å². The highest BCUT2D eigenvalue weighted by Gasteiger charge is 2.21. The van der Waals surface area contributed by atoms with Gasteiger partial charge in [0.1, 0.15) is 0 Å². The van der Waals surface area contributed by atoms with Gasteiger partial charge in [0.05, 0.1) is 6.21 Å². The van der Waals surface area contributed by atoms with Crippen molar-refractivity contribution in [2.75, 3.05) is 5.32 Å². The van der Waals surface area contributed by atoms with Gasteiger partial charge in [-0.15, -0.1) is 0 Å². The molecule has 5 nitrogen and oxygen atoms in total. The fourth-order valence-electron chi connectivity index (χ4n) is 3.51. The predicted molar refractivity (Wildman–Crippen MR) is 113 cm³/mol. The number of amides is 2. The molecule has 0 saturated heterocycles. The van der Waals surface area contributed by atoms with Gasteiger partial charge in [-0.05, 0) is 62.1 Å². The van der Waals surface area contributed by atoms with Crippen molar-refractivity contribution in [3.63, 3.8) is 0 Å². The fraction of sp³-hybridized carbons (Fsp3) is 0.348. The molecule has 0 atom stereocenters. The van der Waals surface area contributed by atoms with Crippen LogP contribution < -0.4 is 10.7 Å². The van der Waals surface area contributed by atoms with Crippen molar-refractivity contribution >= 4 is 23.7 Å². The second kappa shape index (κ2) is 9.31. The van der Waals surface area contributed by atoms with Crippen molar-refractivity contribution < 1.29 is 9.59 Å². The van der Waals surface area contributed by atoms with Crippen LogP contribution in [0.4, 0.5) is 5.69 Å². The summed E-state index contributed by atoms with van der Waals surface area (Å²) >= 11 is 0. The maximum absolute atomic E-state index is 12.3. The molecule has 2 N–H and O–H groups in total. The molecule has 0 spiro atoms. The van der Waals surface area contributed by atoms with Gasteiger partial charge in [-0.2, -0.15) is 5.10 Å². The van der Waals surface area contributed by atoms with Gasteiger partial charge < -0.3 is 5.32 Å². The van der Waals surface area contributed by atoms with Crippen LogP contribution in [0, 0.1) is 19.8 Å². The Morgan fingerprint density at radius 3 is 2.39 bits per heavy atom. The lowest BCUT2D eigenvalue weighted by molar-refractivity contribution is -0.120. The van der Waals surface area contributed by atoms with Gasteiger partial charge in [0.2, 0.25) is 5.91 Å². The summed E-state index contributed by atoms with van der Waals surface area (Å²) in [5, 5.41) is 7.00. The highest BCUT2D eigenvalue weighted by molar-refractivity contribution is 5.96. The summed E-state index contributed by atoms with van der Waals surface area (Å²) < 4.78 is 0. The molecular weight excluding hydrogens is 350 g/mol. The van der Waals surface area contributed by atoms with Crippen molar-refractivity contribution in [3.05, 3.63) is 64.7 Å². The third kappa shape index (κ3) is 5.28. The van der Waals surface area contributed by atoms with Crippen molar-refractivity contribution in [2.45, 2.75) is 46.0 Å². The molecule has 1 fully saturated rings. The number of hydrazone groups is 1. The molecule has 2 amide bonds. The number of hydrogen-bond acceptors (Lipinski definition) is 3. The molecule has 2 aromatic carbocycles. The smallest absolute Gasteiger partial charge is 0.271 e. The van der Waals surface area contributed by atoms with Gasteiger partial charge in [-0.1, -0.05) is 43.0 Å². The monoisotopic (exact) mass is 377 g/mol. The average molecular weight is 377 g/mol. The fourth-order valence-corrected chi connectivity index (χ4v) is 3.51. The maximum Gasteiger partial charge on any atom is 0.271 e. The van der Waals surface area contributed by atoms with E-state index in [1.165, 1.54) is 12.0 Å². The van der Waals surface area contributed by atoms with Crippen molar-refractivity contribution in [1.82, 2.24) is 5.43 Å². The molecular formula is C23H27N3O2. The van der Waals surface area contributed by atoms with Crippen LogP contribution >= 0.6 is 0 Å². The van der Waals surface area contributed by atoms with Crippen molar-refractivity contribution in [3.8, 4) is 0 Å². The van der Waals surface area contributed by atoms with Crippen LogP contribution in [0.2, 0.25) is 0 Å². The number of carbonyl (C=O) groups is 2. The van der Waals surface area contributed by atoms with E-state index in [0.29, 0.717) is 11.3 Å². The summed E-state index contributed by atoms with van der Waals surface area (Å²) in [6.07, 6.45) is 7.04. The minimum Gasteiger partial charge on any atom is -0.326 e. The Balaban J connectivity index is 1.54. The van der Waals surface area contributed by atoms with Crippen LogP contribution in [-0.4, -0.2) is 18.0 Å². The minimum absolute atomic E-state index is 0.0787. The SMILES string of the molecule is Cc1ccc(/C=N/NC(=O)c2ccc(NC(=O)C3CCCCC3)cc2)c(C)c1. The van der Waals surface area contributed by atoms with E-state index in [4.69, 9.17) is 0 Å². The summed E-state index contributed by atoms with van der Waals surface area (Å²) in [6, 6.07) is 13.0. The molecule has 28 heavy (non-hydrogen) atoms. The summed E-state index contributed by atoms with van der Waals surface area (Å²) in [5.74, 6) is -0.0996. The molecule has 0 aliphatic heterocycles. The Kier molecular flexibility index (Phi) is 6.58. The van der Waals surface area contributed by atoms with Crippen LogP contribution in [-0.2, 0) is 4.79 Å². The number of carbonyl (C=O) groups excluding carboxylic acids is 2. The summed E-state index contributed by atoms with van der Waals surface area (Å²) in [4.78, 5) is 24.5. The zero-order chi connectivity index (χ0) is 19.9. The number of rotatable bonds is 5. The minimum atomic E-state index is -0.286. The first-order valence-corrected chi connectivity index (χ1v) is 9.84. The number of anilines is 1. The quantitative estimate of drug-likeness (QED) is 0.591. The second-order valence-corrected chi connectivity index (χ2v) is 7.46. The standard InChI is InChI=1S/C23H27N3O2/c1-16-8-9-20(17(2)14-16)15-24-26-23(28)19-10-12-21(13-11-19)25-22(27)18-6-4-3-5-7-18/h8-15,18H,3-7H2,1-2H3,(H,25,27)(H,26,28)/b24-15+. The van der Waals surface area contributed by atoms with E-state index in [0.717, 1.165) is 36.8 Å². The molecule has 5 heteroatoms. The summed E-state index contributed by atoms with van der Waals surface area (Å²) in [5.41, 5.74) is 7.01. The Bertz CT molecular complexity index is 866. The van der Waals surface area contributed by atoms with Gasteiger partial charge in [0, 0.05) is 17.2 Å². The molecule has 1 aliphatic carbocycles. The Labute approximate surface area is 166 Å². The third-order valence-corrected chi connectivity index (χ3v) is 5.19. The van der Waals surface area contributed by atoms with E-state index in [2.05, 4.69) is 21.9 Å². The van der Waals surface area contributed by atoms with Crippen LogP contribution in [0.5, 0.6) is 0 Å². The number of nitrogens with zero attached hydrogens (tertiary/aromatic N) is 1. The Morgan fingerprint density at radius 1 is 1.00 bits per heavy atom. The molecule has 146 valence electrons.